The van der Waals surface area contributed by atoms with Crippen molar-refractivity contribution >= 4 is 16.9 Å². The Morgan fingerprint density at radius 2 is 2.22 bits per heavy atom. The first kappa shape index (κ1) is 10.6. The third-order valence-electron chi connectivity index (χ3n) is 2.82. The molecule has 0 saturated heterocycles. The van der Waals surface area contributed by atoms with E-state index in [2.05, 4.69) is 4.98 Å². The molecule has 3 aromatic rings. The number of hydrogen-bond acceptors (Lipinski definition) is 3. The predicted octanol–water partition coefficient (Wildman–Crippen LogP) is 2.53. The highest BCUT2D eigenvalue weighted by Gasteiger charge is 2.13. The molecule has 1 N–H and O–H groups in total. The fourth-order valence-corrected chi connectivity index (χ4v) is 1.93. The van der Waals surface area contributed by atoms with Gasteiger partial charge in [0.25, 0.3) is 0 Å². The lowest BCUT2D eigenvalue weighted by molar-refractivity contribution is 0.0680. The number of imidazole rings is 1. The predicted molar refractivity (Wildman–Crippen MR) is 65.4 cm³/mol. The maximum absolute atomic E-state index is 10.9. The van der Waals surface area contributed by atoms with E-state index in [1.165, 1.54) is 4.57 Å². The summed E-state index contributed by atoms with van der Waals surface area (Å²) in [4.78, 5) is 15.0. The SMILES string of the molecule is Cn1cc(-c2ccc3occc3c2)nc1C(=O)O. The van der Waals surface area contributed by atoms with Crippen LogP contribution < -0.4 is 0 Å². The topological polar surface area (TPSA) is 68.3 Å². The van der Waals surface area contributed by atoms with Crippen molar-refractivity contribution in [3.8, 4) is 11.3 Å². The fraction of sp³-hybridized carbons (Fsp3) is 0.0769. The van der Waals surface area contributed by atoms with Crippen LogP contribution in [0.25, 0.3) is 22.2 Å². The van der Waals surface area contributed by atoms with Gasteiger partial charge in [-0.2, -0.15) is 0 Å². The van der Waals surface area contributed by atoms with E-state index in [1.807, 2.05) is 24.3 Å². The Bertz CT molecular complexity index is 740. The molecule has 18 heavy (non-hydrogen) atoms. The lowest BCUT2D eigenvalue weighted by Gasteiger charge is -1.95. The Morgan fingerprint density at radius 1 is 1.39 bits per heavy atom. The zero-order valence-corrected chi connectivity index (χ0v) is 9.62. The summed E-state index contributed by atoms with van der Waals surface area (Å²) in [6.07, 6.45) is 3.32. The van der Waals surface area contributed by atoms with Crippen LogP contribution in [0, 0.1) is 0 Å². The van der Waals surface area contributed by atoms with Crippen LogP contribution in [0.5, 0.6) is 0 Å². The Hall–Kier alpha value is -2.56. The lowest BCUT2D eigenvalue weighted by atomic mass is 10.1. The van der Waals surface area contributed by atoms with E-state index in [4.69, 9.17) is 9.52 Å². The molecule has 0 amide bonds. The molecule has 2 aromatic heterocycles. The Morgan fingerprint density at radius 3 is 2.94 bits per heavy atom. The van der Waals surface area contributed by atoms with Crippen LogP contribution in [0.3, 0.4) is 0 Å². The maximum atomic E-state index is 10.9. The van der Waals surface area contributed by atoms with Crippen molar-refractivity contribution in [1.82, 2.24) is 9.55 Å². The molecule has 0 atom stereocenters. The van der Waals surface area contributed by atoms with Gasteiger partial charge in [0.1, 0.15) is 5.58 Å². The molecule has 0 aliphatic heterocycles. The molecule has 5 nitrogen and oxygen atoms in total. The third-order valence-corrected chi connectivity index (χ3v) is 2.82. The smallest absolute Gasteiger partial charge is 0.372 e. The number of hydrogen-bond donors (Lipinski definition) is 1. The first-order valence-corrected chi connectivity index (χ1v) is 5.39. The van der Waals surface area contributed by atoms with E-state index in [1.54, 1.807) is 19.5 Å². The molecule has 0 radical (unpaired) electrons. The Labute approximate surface area is 102 Å². The number of carbonyl (C=O) groups is 1. The van der Waals surface area contributed by atoms with E-state index >= 15 is 0 Å². The second kappa shape index (κ2) is 3.73. The molecular formula is C13H10N2O3. The highest BCUT2D eigenvalue weighted by Crippen LogP contribution is 2.24. The molecule has 0 saturated carbocycles. The van der Waals surface area contributed by atoms with Gasteiger partial charge in [0.05, 0.1) is 12.0 Å². The monoisotopic (exact) mass is 242 g/mol. The van der Waals surface area contributed by atoms with Crippen molar-refractivity contribution < 1.29 is 14.3 Å². The average Bonchev–Trinajstić information content (AvgIpc) is 2.93. The summed E-state index contributed by atoms with van der Waals surface area (Å²) in [5.74, 6) is -1.01. The number of nitrogens with zero attached hydrogens (tertiary/aromatic N) is 2. The first-order valence-electron chi connectivity index (χ1n) is 5.39. The molecule has 0 fully saturated rings. The van der Waals surface area contributed by atoms with Crippen molar-refractivity contribution in [3.05, 3.63) is 42.5 Å². The Kier molecular flexibility index (Phi) is 2.19. The van der Waals surface area contributed by atoms with Gasteiger partial charge in [0.15, 0.2) is 0 Å². The van der Waals surface area contributed by atoms with Gasteiger partial charge in [0, 0.05) is 24.2 Å². The van der Waals surface area contributed by atoms with E-state index in [0.717, 1.165) is 16.5 Å². The third kappa shape index (κ3) is 1.57. The number of carboxylic acid groups (broad SMARTS) is 1. The quantitative estimate of drug-likeness (QED) is 0.749. The second-order valence-electron chi connectivity index (χ2n) is 4.04. The van der Waals surface area contributed by atoms with Crippen LogP contribution in [0.15, 0.2) is 41.1 Å². The molecule has 0 aliphatic rings. The minimum Gasteiger partial charge on any atom is -0.475 e. The van der Waals surface area contributed by atoms with Crippen molar-refractivity contribution in [2.24, 2.45) is 7.05 Å². The minimum atomic E-state index is -1.03. The number of aryl methyl sites for hydroxylation is 1. The van der Waals surface area contributed by atoms with Crippen molar-refractivity contribution in [1.29, 1.82) is 0 Å². The van der Waals surface area contributed by atoms with Crippen LogP contribution in [0.1, 0.15) is 10.6 Å². The minimum absolute atomic E-state index is 0.0253. The lowest BCUT2D eigenvalue weighted by Crippen LogP contribution is -2.04. The number of aromatic nitrogens is 2. The van der Waals surface area contributed by atoms with Gasteiger partial charge in [0.2, 0.25) is 5.82 Å². The summed E-state index contributed by atoms with van der Waals surface area (Å²) in [5.41, 5.74) is 2.30. The van der Waals surface area contributed by atoms with Crippen LogP contribution in [-0.4, -0.2) is 20.6 Å². The number of furan rings is 1. The van der Waals surface area contributed by atoms with Gasteiger partial charge in [-0.1, -0.05) is 0 Å². The largest absolute Gasteiger partial charge is 0.475 e. The van der Waals surface area contributed by atoms with Crippen LogP contribution >= 0.6 is 0 Å². The fourth-order valence-electron chi connectivity index (χ4n) is 1.93. The molecule has 2 heterocycles. The zero-order chi connectivity index (χ0) is 12.7. The molecular weight excluding hydrogens is 232 g/mol. The van der Waals surface area contributed by atoms with Gasteiger partial charge in [-0.25, -0.2) is 9.78 Å². The molecule has 90 valence electrons. The molecule has 3 rings (SSSR count). The zero-order valence-electron chi connectivity index (χ0n) is 9.62. The highest BCUT2D eigenvalue weighted by atomic mass is 16.4. The van der Waals surface area contributed by atoms with Gasteiger partial charge >= 0.3 is 5.97 Å². The molecule has 1 aromatic carbocycles. The standard InChI is InChI=1S/C13H10N2O3/c1-15-7-10(14-12(15)13(16)17)8-2-3-11-9(6-8)4-5-18-11/h2-7H,1H3,(H,16,17). The summed E-state index contributed by atoms with van der Waals surface area (Å²) in [5, 5.41) is 9.93. The van der Waals surface area contributed by atoms with E-state index in [-0.39, 0.29) is 5.82 Å². The Balaban J connectivity index is 2.13. The first-order chi connectivity index (χ1) is 8.65. The summed E-state index contributed by atoms with van der Waals surface area (Å²) < 4.78 is 6.75. The van der Waals surface area contributed by atoms with Crippen molar-refractivity contribution in [3.63, 3.8) is 0 Å². The van der Waals surface area contributed by atoms with Crippen molar-refractivity contribution in [2.75, 3.05) is 0 Å². The average molecular weight is 242 g/mol. The maximum Gasteiger partial charge on any atom is 0.372 e. The number of fused-ring (bicyclic) bond motifs is 1. The summed E-state index contributed by atoms with van der Waals surface area (Å²) in [6.45, 7) is 0. The summed E-state index contributed by atoms with van der Waals surface area (Å²) >= 11 is 0. The molecule has 0 bridgehead atoms. The molecule has 0 unspecified atom stereocenters. The number of aromatic carboxylic acids is 1. The van der Waals surface area contributed by atoms with Crippen LogP contribution in [-0.2, 0) is 7.05 Å². The van der Waals surface area contributed by atoms with E-state index < -0.39 is 5.97 Å². The van der Waals surface area contributed by atoms with Crippen LogP contribution in [0.2, 0.25) is 0 Å². The van der Waals surface area contributed by atoms with Gasteiger partial charge in [-0.15, -0.1) is 0 Å². The molecule has 5 heteroatoms. The number of carboxylic acids is 1. The van der Waals surface area contributed by atoms with Crippen LogP contribution in [0.4, 0.5) is 0 Å². The second-order valence-corrected chi connectivity index (χ2v) is 4.04. The van der Waals surface area contributed by atoms with E-state index in [9.17, 15) is 4.79 Å². The molecule has 0 aliphatic carbocycles. The van der Waals surface area contributed by atoms with Gasteiger partial charge < -0.3 is 14.1 Å². The normalized spacial score (nSPS) is 10.9. The van der Waals surface area contributed by atoms with Gasteiger partial charge in [-0.3, -0.25) is 0 Å². The summed E-state index contributed by atoms with van der Waals surface area (Å²) in [7, 11) is 1.66. The summed E-state index contributed by atoms with van der Waals surface area (Å²) in [6, 6.07) is 7.49. The van der Waals surface area contributed by atoms with E-state index in [0.29, 0.717) is 5.69 Å². The number of rotatable bonds is 2. The highest BCUT2D eigenvalue weighted by molar-refractivity contribution is 5.86. The van der Waals surface area contributed by atoms with Crippen molar-refractivity contribution in [2.45, 2.75) is 0 Å². The van der Waals surface area contributed by atoms with Gasteiger partial charge in [-0.05, 0) is 24.3 Å². The molecule has 0 spiro atoms. The number of benzene rings is 1.